The first-order valence-electron chi connectivity index (χ1n) is 6.67. The summed E-state index contributed by atoms with van der Waals surface area (Å²) in [5.74, 6) is 0.0510. The SMILES string of the molecule is N#Cc1cc(Br)ccc1NC[C@H](CO)Cc1ccccn1. The molecule has 0 aliphatic rings. The summed E-state index contributed by atoms with van der Waals surface area (Å²) in [6.07, 6.45) is 2.45. The minimum absolute atomic E-state index is 0.0510. The predicted octanol–water partition coefficient (Wildman–Crippen LogP) is 2.98. The van der Waals surface area contributed by atoms with Gasteiger partial charge in [0, 0.05) is 35.4 Å². The van der Waals surface area contributed by atoms with Crippen LogP contribution in [0.15, 0.2) is 47.1 Å². The minimum Gasteiger partial charge on any atom is -0.396 e. The molecule has 21 heavy (non-hydrogen) atoms. The number of halogens is 1. The van der Waals surface area contributed by atoms with Gasteiger partial charge in [0.15, 0.2) is 0 Å². The van der Waals surface area contributed by atoms with E-state index in [1.54, 1.807) is 12.3 Å². The molecule has 0 saturated heterocycles. The van der Waals surface area contributed by atoms with Gasteiger partial charge in [0.2, 0.25) is 0 Å². The molecule has 4 nitrogen and oxygen atoms in total. The summed E-state index contributed by atoms with van der Waals surface area (Å²) in [5, 5.41) is 21.9. The van der Waals surface area contributed by atoms with Crippen molar-refractivity contribution in [3.8, 4) is 6.07 Å². The molecule has 0 unspecified atom stereocenters. The molecule has 2 N–H and O–H groups in total. The van der Waals surface area contributed by atoms with Crippen molar-refractivity contribution >= 4 is 21.6 Å². The summed E-state index contributed by atoms with van der Waals surface area (Å²) in [7, 11) is 0. The van der Waals surface area contributed by atoms with E-state index in [0.717, 1.165) is 15.9 Å². The Balaban J connectivity index is 1.99. The van der Waals surface area contributed by atoms with E-state index in [1.807, 2.05) is 30.3 Å². The third-order valence-electron chi connectivity index (χ3n) is 3.17. The lowest BCUT2D eigenvalue weighted by Gasteiger charge is -2.16. The number of aliphatic hydroxyl groups is 1. The third kappa shape index (κ3) is 4.55. The molecule has 1 atom stereocenters. The van der Waals surface area contributed by atoms with Gasteiger partial charge in [-0.2, -0.15) is 5.26 Å². The maximum atomic E-state index is 9.50. The van der Waals surface area contributed by atoms with Crippen LogP contribution < -0.4 is 5.32 Å². The molecule has 0 radical (unpaired) electrons. The van der Waals surface area contributed by atoms with Gasteiger partial charge in [-0.3, -0.25) is 4.98 Å². The van der Waals surface area contributed by atoms with E-state index in [2.05, 4.69) is 32.3 Å². The van der Waals surface area contributed by atoms with Gasteiger partial charge >= 0.3 is 0 Å². The topological polar surface area (TPSA) is 68.9 Å². The van der Waals surface area contributed by atoms with Crippen molar-refractivity contribution < 1.29 is 5.11 Å². The van der Waals surface area contributed by atoms with Crippen LogP contribution in [-0.4, -0.2) is 23.2 Å². The first-order chi connectivity index (χ1) is 10.2. The lowest BCUT2D eigenvalue weighted by atomic mass is 10.0. The van der Waals surface area contributed by atoms with Gasteiger partial charge in [0.1, 0.15) is 6.07 Å². The van der Waals surface area contributed by atoms with E-state index in [4.69, 9.17) is 5.26 Å². The van der Waals surface area contributed by atoms with Crippen LogP contribution in [-0.2, 0) is 6.42 Å². The zero-order chi connectivity index (χ0) is 15.1. The molecule has 0 aliphatic carbocycles. The van der Waals surface area contributed by atoms with Gasteiger partial charge in [-0.25, -0.2) is 0 Å². The van der Waals surface area contributed by atoms with Gasteiger partial charge in [0.25, 0.3) is 0 Å². The van der Waals surface area contributed by atoms with Crippen molar-refractivity contribution in [1.29, 1.82) is 5.26 Å². The van der Waals surface area contributed by atoms with Crippen LogP contribution in [0.5, 0.6) is 0 Å². The molecule has 2 rings (SSSR count). The fourth-order valence-corrected chi connectivity index (χ4v) is 2.39. The fraction of sp³-hybridized carbons (Fsp3) is 0.250. The van der Waals surface area contributed by atoms with Gasteiger partial charge in [-0.1, -0.05) is 22.0 Å². The van der Waals surface area contributed by atoms with Crippen molar-refractivity contribution in [3.05, 3.63) is 58.3 Å². The number of nitriles is 1. The molecule has 108 valence electrons. The summed E-state index contributed by atoms with van der Waals surface area (Å²) < 4.78 is 0.872. The Morgan fingerprint density at radius 2 is 2.19 bits per heavy atom. The lowest BCUT2D eigenvalue weighted by molar-refractivity contribution is 0.232. The number of nitrogens with zero attached hydrogens (tertiary/aromatic N) is 2. The van der Waals surface area contributed by atoms with Gasteiger partial charge in [-0.15, -0.1) is 0 Å². The predicted molar refractivity (Wildman–Crippen MR) is 85.9 cm³/mol. The molecular weight excluding hydrogens is 330 g/mol. The number of aliphatic hydroxyl groups excluding tert-OH is 1. The first-order valence-corrected chi connectivity index (χ1v) is 7.46. The van der Waals surface area contributed by atoms with Gasteiger partial charge in [0.05, 0.1) is 11.3 Å². The highest BCUT2D eigenvalue weighted by atomic mass is 79.9. The third-order valence-corrected chi connectivity index (χ3v) is 3.66. The molecule has 0 saturated carbocycles. The van der Waals surface area contributed by atoms with Crippen molar-refractivity contribution in [2.24, 2.45) is 5.92 Å². The zero-order valence-corrected chi connectivity index (χ0v) is 13.0. The van der Waals surface area contributed by atoms with Crippen LogP contribution in [0.4, 0.5) is 5.69 Å². The average molecular weight is 346 g/mol. The van der Waals surface area contributed by atoms with Crippen LogP contribution in [0.1, 0.15) is 11.3 Å². The van der Waals surface area contributed by atoms with Crippen molar-refractivity contribution in [2.75, 3.05) is 18.5 Å². The number of anilines is 1. The Labute approximate surface area is 132 Å². The molecule has 0 amide bonds. The summed E-state index contributed by atoms with van der Waals surface area (Å²) in [6, 6.07) is 13.4. The number of benzene rings is 1. The highest BCUT2D eigenvalue weighted by Crippen LogP contribution is 2.20. The number of rotatable bonds is 6. The van der Waals surface area contributed by atoms with Crippen LogP contribution in [0.25, 0.3) is 0 Å². The zero-order valence-electron chi connectivity index (χ0n) is 11.5. The van der Waals surface area contributed by atoms with E-state index in [9.17, 15) is 5.11 Å². The summed E-state index contributed by atoms with van der Waals surface area (Å²) in [6.45, 7) is 0.658. The van der Waals surface area contributed by atoms with Crippen molar-refractivity contribution in [3.63, 3.8) is 0 Å². The molecule has 0 aliphatic heterocycles. The highest BCUT2D eigenvalue weighted by molar-refractivity contribution is 9.10. The normalized spacial score (nSPS) is 11.7. The molecule has 1 aromatic heterocycles. The maximum absolute atomic E-state index is 9.50. The monoisotopic (exact) mass is 345 g/mol. The Kier molecular flexibility index (Phi) is 5.73. The number of pyridine rings is 1. The summed E-state index contributed by atoms with van der Waals surface area (Å²) in [4.78, 5) is 4.27. The van der Waals surface area contributed by atoms with E-state index in [0.29, 0.717) is 18.5 Å². The van der Waals surface area contributed by atoms with Gasteiger partial charge in [-0.05, 0) is 36.8 Å². The minimum atomic E-state index is 0.0510. The van der Waals surface area contributed by atoms with Crippen molar-refractivity contribution in [2.45, 2.75) is 6.42 Å². The average Bonchev–Trinajstić information content (AvgIpc) is 2.53. The van der Waals surface area contributed by atoms with Crippen molar-refractivity contribution in [1.82, 2.24) is 4.98 Å². The number of hydrogen-bond donors (Lipinski definition) is 2. The lowest BCUT2D eigenvalue weighted by Crippen LogP contribution is -2.21. The van der Waals surface area contributed by atoms with Gasteiger partial charge < -0.3 is 10.4 Å². The largest absolute Gasteiger partial charge is 0.396 e. The molecule has 1 heterocycles. The van der Waals surface area contributed by atoms with E-state index in [1.165, 1.54) is 0 Å². The number of hydrogen-bond acceptors (Lipinski definition) is 4. The number of nitrogens with one attached hydrogen (secondary N) is 1. The summed E-state index contributed by atoms with van der Waals surface area (Å²) in [5.41, 5.74) is 2.31. The smallest absolute Gasteiger partial charge is 0.101 e. The Bertz CT molecular complexity index is 625. The molecule has 0 bridgehead atoms. The first kappa shape index (κ1) is 15.5. The fourth-order valence-electron chi connectivity index (χ4n) is 2.03. The number of aromatic nitrogens is 1. The Morgan fingerprint density at radius 1 is 1.33 bits per heavy atom. The second-order valence-electron chi connectivity index (χ2n) is 4.76. The molecule has 0 spiro atoms. The quantitative estimate of drug-likeness (QED) is 0.844. The Hall–Kier alpha value is -1.90. The van der Waals surface area contributed by atoms with E-state index in [-0.39, 0.29) is 12.5 Å². The second-order valence-corrected chi connectivity index (χ2v) is 5.67. The Morgan fingerprint density at radius 3 is 2.86 bits per heavy atom. The standard InChI is InChI=1S/C16H16BrN3O/c17-14-4-5-16(13(8-14)9-18)20-10-12(11-21)7-15-3-1-2-6-19-15/h1-6,8,12,20-21H,7,10-11H2/t12-/m1/s1. The molecule has 2 aromatic rings. The highest BCUT2D eigenvalue weighted by Gasteiger charge is 2.10. The maximum Gasteiger partial charge on any atom is 0.101 e. The van der Waals surface area contributed by atoms with Crippen LogP contribution in [0, 0.1) is 17.2 Å². The second kappa shape index (κ2) is 7.77. The molecular formula is C16H16BrN3O. The van der Waals surface area contributed by atoms with Crippen LogP contribution >= 0.6 is 15.9 Å². The van der Waals surface area contributed by atoms with E-state index >= 15 is 0 Å². The van der Waals surface area contributed by atoms with Crippen LogP contribution in [0.2, 0.25) is 0 Å². The van der Waals surface area contributed by atoms with Crippen LogP contribution in [0.3, 0.4) is 0 Å². The summed E-state index contributed by atoms with van der Waals surface area (Å²) >= 11 is 3.35. The molecule has 0 fully saturated rings. The van der Waals surface area contributed by atoms with E-state index < -0.39 is 0 Å². The molecule has 1 aromatic carbocycles. The molecule has 5 heteroatoms.